The van der Waals surface area contributed by atoms with Crippen LogP contribution in [0.15, 0.2) is 36.7 Å². The minimum Gasteiger partial charge on any atom is -0.490 e. The normalized spacial score (nSPS) is 10.3. The topological polar surface area (TPSA) is 44.2 Å². The van der Waals surface area contributed by atoms with Gasteiger partial charge in [0.05, 0.1) is 24.7 Å². The van der Waals surface area contributed by atoms with Crippen molar-refractivity contribution >= 4 is 11.6 Å². The lowest BCUT2D eigenvalue weighted by Gasteiger charge is -2.10. The smallest absolute Gasteiger partial charge is 0.148 e. The number of methoxy groups -OCH3 is 1. The second-order valence-electron chi connectivity index (χ2n) is 3.56. The summed E-state index contributed by atoms with van der Waals surface area (Å²) in [5.41, 5.74) is 1.55. The van der Waals surface area contributed by atoms with Gasteiger partial charge < -0.3 is 9.47 Å². The van der Waals surface area contributed by atoms with Gasteiger partial charge in [0, 0.05) is 12.7 Å². The van der Waals surface area contributed by atoms with Crippen molar-refractivity contribution in [3.63, 3.8) is 0 Å². The molecule has 2 aromatic rings. The number of hydrogen-bond acceptors (Lipinski definition) is 4. The van der Waals surface area contributed by atoms with Crippen LogP contribution in [0.5, 0.6) is 5.75 Å². The molecule has 2 rings (SSSR count). The Bertz CT molecular complexity index is 520. The molecule has 0 saturated carbocycles. The fourth-order valence-corrected chi connectivity index (χ4v) is 1.66. The molecule has 0 fully saturated rings. The van der Waals surface area contributed by atoms with E-state index in [1.54, 1.807) is 13.3 Å². The highest BCUT2D eigenvalue weighted by molar-refractivity contribution is 6.29. The summed E-state index contributed by atoms with van der Waals surface area (Å²) in [6, 6.07) is 7.63. The Morgan fingerprint density at radius 2 is 2.00 bits per heavy atom. The van der Waals surface area contributed by atoms with Crippen LogP contribution in [0.2, 0.25) is 5.15 Å². The standard InChI is InChI=1S/C13H13ClN2O2/c1-17-6-7-18-12-5-3-2-4-10(12)11-8-15-9-13(14)16-11/h2-5,8-9H,6-7H2,1H3. The third kappa shape index (κ3) is 3.18. The van der Waals surface area contributed by atoms with E-state index in [0.29, 0.717) is 24.1 Å². The molecule has 0 aliphatic rings. The van der Waals surface area contributed by atoms with Crippen LogP contribution in [0.4, 0.5) is 0 Å². The zero-order valence-electron chi connectivity index (χ0n) is 9.97. The van der Waals surface area contributed by atoms with E-state index >= 15 is 0 Å². The van der Waals surface area contributed by atoms with Crippen LogP contribution >= 0.6 is 11.6 Å². The lowest BCUT2D eigenvalue weighted by Crippen LogP contribution is -2.05. The summed E-state index contributed by atoms with van der Waals surface area (Å²) in [5.74, 6) is 0.742. The second-order valence-corrected chi connectivity index (χ2v) is 3.95. The van der Waals surface area contributed by atoms with Gasteiger partial charge in [-0.15, -0.1) is 0 Å². The average molecular weight is 265 g/mol. The molecule has 18 heavy (non-hydrogen) atoms. The van der Waals surface area contributed by atoms with Gasteiger partial charge in [0.15, 0.2) is 0 Å². The van der Waals surface area contributed by atoms with E-state index < -0.39 is 0 Å². The lowest BCUT2D eigenvalue weighted by molar-refractivity contribution is 0.146. The van der Waals surface area contributed by atoms with Crippen molar-refractivity contribution in [2.24, 2.45) is 0 Å². The largest absolute Gasteiger partial charge is 0.490 e. The molecule has 0 aliphatic heterocycles. The Hall–Kier alpha value is -1.65. The molecule has 0 amide bonds. The Morgan fingerprint density at radius 1 is 1.17 bits per heavy atom. The number of para-hydroxylation sites is 1. The highest BCUT2D eigenvalue weighted by atomic mass is 35.5. The molecule has 0 aliphatic carbocycles. The molecule has 0 atom stereocenters. The highest BCUT2D eigenvalue weighted by Crippen LogP contribution is 2.28. The van der Waals surface area contributed by atoms with E-state index in [9.17, 15) is 0 Å². The Labute approximate surface area is 111 Å². The Kier molecular flexibility index (Phi) is 4.50. The van der Waals surface area contributed by atoms with Crippen molar-refractivity contribution < 1.29 is 9.47 Å². The molecule has 94 valence electrons. The van der Waals surface area contributed by atoms with Gasteiger partial charge in [0.1, 0.15) is 17.5 Å². The Morgan fingerprint density at radius 3 is 2.78 bits per heavy atom. The van der Waals surface area contributed by atoms with Crippen LogP contribution in [0, 0.1) is 0 Å². The maximum absolute atomic E-state index is 5.84. The van der Waals surface area contributed by atoms with E-state index in [1.165, 1.54) is 6.20 Å². The van der Waals surface area contributed by atoms with Gasteiger partial charge in [-0.1, -0.05) is 23.7 Å². The zero-order valence-corrected chi connectivity index (χ0v) is 10.7. The lowest BCUT2D eigenvalue weighted by atomic mass is 10.1. The molecule has 0 N–H and O–H groups in total. The number of nitrogens with zero attached hydrogens (tertiary/aromatic N) is 2. The summed E-state index contributed by atoms with van der Waals surface area (Å²) in [5, 5.41) is 0.360. The van der Waals surface area contributed by atoms with Crippen molar-refractivity contribution in [3.8, 4) is 17.0 Å². The van der Waals surface area contributed by atoms with Gasteiger partial charge in [0.2, 0.25) is 0 Å². The van der Waals surface area contributed by atoms with Gasteiger partial charge in [-0.05, 0) is 12.1 Å². The first-order valence-electron chi connectivity index (χ1n) is 5.50. The van der Waals surface area contributed by atoms with Gasteiger partial charge in [-0.2, -0.15) is 0 Å². The van der Waals surface area contributed by atoms with Crippen LogP contribution in [-0.4, -0.2) is 30.3 Å². The molecular formula is C13H13ClN2O2. The maximum Gasteiger partial charge on any atom is 0.148 e. The summed E-state index contributed by atoms with van der Waals surface area (Å²) in [7, 11) is 1.64. The summed E-state index contributed by atoms with van der Waals surface area (Å²) in [6.45, 7) is 1.02. The first-order valence-corrected chi connectivity index (χ1v) is 5.87. The first kappa shape index (κ1) is 12.8. The third-order valence-electron chi connectivity index (χ3n) is 2.31. The van der Waals surface area contributed by atoms with Gasteiger partial charge >= 0.3 is 0 Å². The second kappa shape index (κ2) is 6.33. The molecule has 0 bridgehead atoms. The summed E-state index contributed by atoms with van der Waals surface area (Å²) >= 11 is 5.84. The fourth-order valence-electron chi connectivity index (χ4n) is 1.51. The predicted octanol–water partition coefficient (Wildman–Crippen LogP) is 2.82. The Balaban J connectivity index is 2.27. The fraction of sp³-hybridized carbons (Fsp3) is 0.231. The number of halogens is 1. The zero-order chi connectivity index (χ0) is 12.8. The van der Waals surface area contributed by atoms with Crippen molar-refractivity contribution in [3.05, 3.63) is 41.8 Å². The summed E-state index contributed by atoms with van der Waals surface area (Å²) < 4.78 is 10.6. The van der Waals surface area contributed by atoms with E-state index in [-0.39, 0.29) is 0 Å². The van der Waals surface area contributed by atoms with Crippen molar-refractivity contribution in [1.82, 2.24) is 9.97 Å². The SMILES string of the molecule is COCCOc1ccccc1-c1cncc(Cl)n1. The number of hydrogen-bond donors (Lipinski definition) is 0. The van der Waals surface area contributed by atoms with E-state index in [0.717, 1.165) is 11.3 Å². The van der Waals surface area contributed by atoms with Crippen molar-refractivity contribution in [2.45, 2.75) is 0 Å². The number of rotatable bonds is 5. The molecule has 0 radical (unpaired) electrons. The number of benzene rings is 1. The monoisotopic (exact) mass is 264 g/mol. The maximum atomic E-state index is 5.84. The predicted molar refractivity (Wildman–Crippen MR) is 69.8 cm³/mol. The van der Waals surface area contributed by atoms with Crippen molar-refractivity contribution in [1.29, 1.82) is 0 Å². The first-order chi connectivity index (χ1) is 8.81. The molecule has 1 aromatic carbocycles. The van der Waals surface area contributed by atoms with Crippen LogP contribution < -0.4 is 4.74 Å². The molecule has 0 spiro atoms. The average Bonchev–Trinajstić information content (AvgIpc) is 2.40. The minimum absolute atomic E-state index is 0.360. The van der Waals surface area contributed by atoms with E-state index in [2.05, 4.69) is 9.97 Å². The van der Waals surface area contributed by atoms with Gasteiger partial charge in [-0.25, -0.2) is 4.98 Å². The summed E-state index contributed by atoms with van der Waals surface area (Å²) in [6.07, 6.45) is 3.16. The molecule has 0 saturated heterocycles. The van der Waals surface area contributed by atoms with Crippen LogP contribution in [0.3, 0.4) is 0 Å². The van der Waals surface area contributed by atoms with Crippen LogP contribution in [0.1, 0.15) is 0 Å². The highest BCUT2D eigenvalue weighted by Gasteiger charge is 2.07. The molecule has 0 unspecified atom stereocenters. The van der Waals surface area contributed by atoms with E-state index in [1.807, 2.05) is 24.3 Å². The van der Waals surface area contributed by atoms with Gasteiger partial charge in [0.25, 0.3) is 0 Å². The quantitative estimate of drug-likeness (QED) is 0.779. The minimum atomic E-state index is 0.360. The number of ether oxygens (including phenoxy) is 2. The molecule has 5 heteroatoms. The van der Waals surface area contributed by atoms with Crippen LogP contribution in [0.25, 0.3) is 11.3 Å². The molecular weight excluding hydrogens is 252 g/mol. The molecule has 1 aromatic heterocycles. The third-order valence-corrected chi connectivity index (χ3v) is 2.50. The van der Waals surface area contributed by atoms with Crippen molar-refractivity contribution in [2.75, 3.05) is 20.3 Å². The van der Waals surface area contributed by atoms with Crippen LogP contribution in [-0.2, 0) is 4.74 Å². The van der Waals surface area contributed by atoms with Gasteiger partial charge in [-0.3, -0.25) is 4.98 Å². The molecule has 1 heterocycles. The summed E-state index contributed by atoms with van der Waals surface area (Å²) in [4.78, 5) is 8.25. The molecule has 4 nitrogen and oxygen atoms in total. The van der Waals surface area contributed by atoms with E-state index in [4.69, 9.17) is 21.1 Å². The number of aromatic nitrogens is 2.